The molecular formula is C23H24Cl2FNO2. The molecule has 0 aliphatic heterocycles. The Balaban J connectivity index is 0.00000300. The minimum absolute atomic E-state index is 0. The van der Waals surface area contributed by atoms with E-state index < -0.39 is 0 Å². The summed E-state index contributed by atoms with van der Waals surface area (Å²) in [5, 5.41) is 3.85. The summed E-state index contributed by atoms with van der Waals surface area (Å²) >= 11 is 6.40. The molecule has 3 aromatic carbocycles. The smallest absolute Gasteiger partial charge is 0.180 e. The maximum atomic E-state index is 13.8. The first kappa shape index (κ1) is 23.0. The molecule has 3 nitrogen and oxygen atoms in total. The Morgan fingerprint density at radius 3 is 2.41 bits per heavy atom. The van der Waals surface area contributed by atoms with E-state index in [1.165, 1.54) is 11.6 Å². The molecule has 154 valence electrons. The number of rotatable bonds is 9. The van der Waals surface area contributed by atoms with E-state index in [1.54, 1.807) is 25.3 Å². The fourth-order valence-corrected chi connectivity index (χ4v) is 3.18. The van der Waals surface area contributed by atoms with Crippen molar-refractivity contribution < 1.29 is 13.9 Å². The zero-order chi connectivity index (χ0) is 19.8. The van der Waals surface area contributed by atoms with Crippen LogP contribution in [0.3, 0.4) is 0 Å². The van der Waals surface area contributed by atoms with Crippen LogP contribution in [0.25, 0.3) is 0 Å². The molecular weight excluding hydrogens is 412 g/mol. The van der Waals surface area contributed by atoms with Gasteiger partial charge in [0, 0.05) is 12.1 Å². The second-order valence-corrected chi connectivity index (χ2v) is 6.81. The van der Waals surface area contributed by atoms with Gasteiger partial charge in [0.1, 0.15) is 12.4 Å². The van der Waals surface area contributed by atoms with Gasteiger partial charge < -0.3 is 14.8 Å². The van der Waals surface area contributed by atoms with Crippen LogP contribution < -0.4 is 14.8 Å². The molecule has 1 N–H and O–H groups in total. The molecule has 0 saturated heterocycles. The van der Waals surface area contributed by atoms with E-state index in [1.807, 2.05) is 30.3 Å². The maximum absolute atomic E-state index is 13.8. The van der Waals surface area contributed by atoms with Crippen molar-refractivity contribution in [2.75, 3.05) is 13.7 Å². The summed E-state index contributed by atoms with van der Waals surface area (Å²) in [4.78, 5) is 0. The Labute approximate surface area is 182 Å². The second kappa shape index (κ2) is 11.7. The summed E-state index contributed by atoms with van der Waals surface area (Å²) < 4.78 is 25.0. The number of halogens is 3. The molecule has 0 aliphatic carbocycles. The van der Waals surface area contributed by atoms with Crippen molar-refractivity contribution in [3.63, 3.8) is 0 Å². The fraction of sp³-hybridized carbons (Fsp3) is 0.217. The Kier molecular flexibility index (Phi) is 9.26. The molecule has 29 heavy (non-hydrogen) atoms. The van der Waals surface area contributed by atoms with Crippen molar-refractivity contribution in [1.82, 2.24) is 5.32 Å². The first-order valence-electron chi connectivity index (χ1n) is 9.14. The van der Waals surface area contributed by atoms with E-state index in [2.05, 4.69) is 17.4 Å². The van der Waals surface area contributed by atoms with Crippen molar-refractivity contribution in [2.24, 2.45) is 0 Å². The van der Waals surface area contributed by atoms with Crippen LogP contribution in [0.4, 0.5) is 4.39 Å². The SMILES string of the molecule is COc1cc(CNCCc2ccccc2)cc(Cl)c1OCc1ccccc1F.Cl. The minimum Gasteiger partial charge on any atom is -0.493 e. The van der Waals surface area contributed by atoms with E-state index in [9.17, 15) is 4.39 Å². The Hall–Kier alpha value is -2.27. The molecule has 0 bridgehead atoms. The largest absolute Gasteiger partial charge is 0.493 e. The number of hydrogen-bond acceptors (Lipinski definition) is 3. The third-order valence-electron chi connectivity index (χ3n) is 4.38. The first-order valence-corrected chi connectivity index (χ1v) is 9.52. The number of nitrogens with one attached hydrogen (secondary N) is 1. The van der Waals surface area contributed by atoms with Gasteiger partial charge in [0.15, 0.2) is 11.5 Å². The van der Waals surface area contributed by atoms with Crippen molar-refractivity contribution in [3.8, 4) is 11.5 Å². The molecule has 0 aromatic heterocycles. The highest BCUT2D eigenvalue weighted by molar-refractivity contribution is 6.32. The fourth-order valence-electron chi connectivity index (χ4n) is 2.89. The van der Waals surface area contributed by atoms with Crippen LogP contribution in [-0.4, -0.2) is 13.7 Å². The lowest BCUT2D eigenvalue weighted by Crippen LogP contribution is -2.16. The second-order valence-electron chi connectivity index (χ2n) is 6.40. The van der Waals surface area contributed by atoms with Gasteiger partial charge in [-0.05, 0) is 42.3 Å². The predicted octanol–water partition coefficient (Wildman–Crippen LogP) is 5.82. The lowest BCUT2D eigenvalue weighted by Gasteiger charge is -2.15. The normalized spacial score (nSPS) is 10.3. The standard InChI is InChI=1S/C23H23ClFNO2.ClH/c1-27-22-14-18(15-26-12-11-17-7-3-2-4-8-17)13-20(24)23(22)28-16-19-9-5-6-10-21(19)25;/h2-10,13-14,26H,11-12,15-16H2,1H3;1H. The Morgan fingerprint density at radius 2 is 1.69 bits per heavy atom. The molecule has 0 fully saturated rings. The van der Waals surface area contributed by atoms with Gasteiger partial charge in [-0.2, -0.15) is 0 Å². The number of benzene rings is 3. The summed E-state index contributed by atoms with van der Waals surface area (Å²) in [6.45, 7) is 1.60. The van der Waals surface area contributed by atoms with Gasteiger partial charge in [-0.25, -0.2) is 4.39 Å². The van der Waals surface area contributed by atoms with Crippen LogP contribution in [0.2, 0.25) is 5.02 Å². The highest BCUT2D eigenvalue weighted by atomic mass is 35.5. The van der Waals surface area contributed by atoms with Gasteiger partial charge in [-0.15, -0.1) is 12.4 Å². The van der Waals surface area contributed by atoms with Gasteiger partial charge in [-0.3, -0.25) is 0 Å². The Bertz CT molecular complexity index is 907. The van der Waals surface area contributed by atoms with Crippen molar-refractivity contribution in [3.05, 3.63) is 94.3 Å². The zero-order valence-corrected chi connectivity index (χ0v) is 17.7. The molecule has 3 aromatic rings. The van der Waals surface area contributed by atoms with E-state index in [0.29, 0.717) is 28.6 Å². The first-order chi connectivity index (χ1) is 13.7. The zero-order valence-electron chi connectivity index (χ0n) is 16.2. The molecule has 0 aliphatic rings. The van der Waals surface area contributed by atoms with Gasteiger partial charge in [0.05, 0.1) is 12.1 Å². The van der Waals surface area contributed by atoms with Crippen LogP contribution in [-0.2, 0) is 19.6 Å². The molecule has 0 heterocycles. The van der Waals surface area contributed by atoms with Crippen LogP contribution in [0.15, 0.2) is 66.7 Å². The lowest BCUT2D eigenvalue weighted by atomic mass is 10.1. The summed E-state index contributed by atoms with van der Waals surface area (Å²) in [5.74, 6) is 0.640. The van der Waals surface area contributed by atoms with Crippen molar-refractivity contribution in [1.29, 1.82) is 0 Å². The third-order valence-corrected chi connectivity index (χ3v) is 4.66. The van der Waals surface area contributed by atoms with Crippen molar-refractivity contribution in [2.45, 2.75) is 19.6 Å². The highest BCUT2D eigenvalue weighted by Crippen LogP contribution is 2.37. The van der Waals surface area contributed by atoms with E-state index in [-0.39, 0.29) is 24.8 Å². The average Bonchev–Trinajstić information content (AvgIpc) is 2.72. The quantitative estimate of drug-likeness (QED) is 0.429. The van der Waals surface area contributed by atoms with Gasteiger partial charge in [0.2, 0.25) is 0 Å². The number of ether oxygens (including phenoxy) is 2. The van der Waals surface area contributed by atoms with Crippen molar-refractivity contribution >= 4 is 24.0 Å². The summed E-state index contributed by atoms with van der Waals surface area (Å²) in [6.07, 6.45) is 0.954. The van der Waals surface area contributed by atoms with E-state index in [4.69, 9.17) is 21.1 Å². The molecule has 0 atom stereocenters. The molecule has 6 heteroatoms. The molecule has 0 saturated carbocycles. The van der Waals surface area contributed by atoms with Crippen LogP contribution >= 0.6 is 24.0 Å². The molecule has 0 unspecified atom stereocenters. The van der Waals surface area contributed by atoms with Crippen LogP contribution in [0.1, 0.15) is 16.7 Å². The van der Waals surface area contributed by atoms with Crippen LogP contribution in [0.5, 0.6) is 11.5 Å². The summed E-state index contributed by atoms with van der Waals surface area (Å²) in [7, 11) is 1.56. The molecule has 0 amide bonds. The molecule has 0 spiro atoms. The maximum Gasteiger partial charge on any atom is 0.180 e. The monoisotopic (exact) mass is 435 g/mol. The third kappa shape index (κ3) is 6.64. The van der Waals surface area contributed by atoms with Gasteiger partial charge >= 0.3 is 0 Å². The minimum atomic E-state index is -0.308. The Morgan fingerprint density at radius 1 is 0.966 bits per heavy atom. The van der Waals surface area contributed by atoms with Crippen LogP contribution in [0, 0.1) is 5.82 Å². The van der Waals surface area contributed by atoms with Gasteiger partial charge in [-0.1, -0.05) is 60.1 Å². The number of methoxy groups -OCH3 is 1. The summed E-state index contributed by atoms with van der Waals surface area (Å²) in [6, 6.07) is 20.6. The summed E-state index contributed by atoms with van der Waals surface area (Å²) in [5.41, 5.74) is 2.75. The topological polar surface area (TPSA) is 30.5 Å². The predicted molar refractivity (Wildman–Crippen MR) is 118 cm³/mol. The molecule has 3 rings (SSSR count). The average molecular weight is 436 g/mol. The highest BCUT2D eigenvalue weighted by Gasteiger charge is 2.13. The van der Waals surface area contributed by atoms with E-state index in [0.717, 1.165) is 18.5 Å². The number of hydrogen-bond donors (Lipinski definition) is 1. The van der Waals surface area contributed by atoms with E-state index >= 15 is 0 Å². The lowest BCUT2D eigenvalue weighted by molar-refractivity contribution is 0.279. The molecule has 0 radical (unpaired) electrons. The van der Waals surface area contributed by atoms with Gasteiger partial charge in [0.25, 0.3) is 0 Å².